The van der Waals surface area contributed by atoms with Gasteiger partial charge < -0.3 is 9.64 Å². The number of rotatable bonds is 4. The molecule has 0 atom stereocenters. The van der Waals surface area contributed by atoms with E-state index in [9.17, 15) is 4.79 Å². The van der Waals surface area contributed by atoms with E-state index in [-0.39, 0.29) is 5.78 Å². The molecule has 0 spiro atoms. The van der Waals surface area contributed by atoms with Gasteiger partial charge in [-0.15, -0.1) is 11.3 Å². The Morgan fingerprint density at radius 3 is 2.62 bits per heavy atom. The number of carbonyl (C=O) groups excluding carboxylic acids is 1. The molecule has 0 amide bonds. The zero-order chi connectivity index (χ0) is 14.7. The second-order valence-corrected chi connectivity index (χ2v) is 6.26. The molecule has 1 aromatic heterocycles. The maximum absolute atomic E-state index is 11.1. The molecule has 1 aliphatic rings. The van der Waals surface area contributed by atoms with Crippen molar-refractivity contribution in [2.75, 3.05) is 31.2 Å². The number of benzene rings is 1. The highest BCUT2D eigenvalue weighted by Crippen LogP contribution is 2.32. The van der Waals surface area contributed by atoms with E-state index in [2.05, 4.69) is 28.5 Å². The molecule has 3 rings (SSSR count). The van der Waals surface area contributed by atoms with E-state index in [1.165, 1.54) is 16.1 Å². The van der Waals surface area contributed by atoms with E-state index >= 15 is 0 Å². The molecule has 1 aromatic carbocycles. The van der Waals surface area contributed by atoms with Crippen molar-refractivity contribution >= 4 is 22.8 Å². The number of carbonyl (C=O) groups is 1. The van der Waals surface area contributed by atoms with Crippen LogP contribution in [-0.4, -0.2) is 32.1 Å². The van der Waals surface area contributed by atoms with Crippen LogP contribution in [0.15, 0.2) is 35.7 Å². The zero-order valence-corrected chi connectivity index (χ0v) is 13.0. The van der Waals surface area contributed by atoms with Crippen LogP contribution in [-0.2, 0) is 16.0 Å². The minimum Gasteiger partial charge on any atom is -0.378 e. The Bertz CT molecular complexity index is 612. The van der Waals surface area contributed by atoms with E-state index < -0.39 is 0 Å². The first-order valence-corrected chi connectivity index (χ1v) is 8.10. The summed E-state index contributed by atoms with van der Waals surface area (Å²) in [6, 6.07) is 10.5. The first-order chi connectivity index (χ1) is 10.2. The maximum atomic E-state index is 11.1. The Balaban J connectivity index is 1.74. The lowest BCUT2D eigenvalue weighted by Crippen LogP contribution is -2.35. The Hall–Kier alpha value is -1.65. The number of hydrogen-bond acceptors (Lipinski definition) is 4. The molecule has 0 aliphatic carbocycles. The Kier molecular flexibility index (Phi) is 4.36. The van der Waals surface area contributed by atoms with Crippen LogP contribution in [0.5, 0.6) is 0 Å². The third-order valence-corrected chi connectivity index (χ3v) is 4.62. The SMILES string of the molecule is CC(=O)Cc1ccc(-c2cc(N3CCOCC3)cs2)cc1. The van der Waals surface area contributed by atoms with E-state index in [1.807, 2.05) is 12.1 Å². The fourth-order valence-electron chi connectivity index (χ4n) is 2.54. The molecular formula is C17H19NO2S. The molecule has 110 valence electrons. The second-order valence-electron chi connectivity index (χ2n) is 5.34. The third kappa shape index (κ3) is 3.52. The average molecular weight is 301 g/mol. The normalized spacial score (nSPS) is 15.2. The molecule has 2 heterocycles. The monoisotopic (exact) mass is 301 g/mol. The zero-order valence-electron chi connectivity index (χ0n) is 12.2. The molecule has 0 saturated carbocycles. The number of anilines is 1. The van der Waals surface area contributed by atoms with Crippen molar-refractivity contribution in [2.24, 2.45) is 0 Å². The molecule has 0 radical (unpaired) electrons. The molecule has 0 bridgehead atoms. The van der Waals surface area contributed by atoms with Crippen LogP contribution >= 0.6 is 11.3 Å². The number of ether oxygens (including phenoxy) is 1. The van der Waals surface area contributed by atoms with Gasteiger partial charge in [-0.05, 0) is 24.1 Å². The summed E-state index contributed by atoms with van der Waals surface area (Å²) in [6.45, 7) is 5.18. The molecular weight excluding hydrogens is 282 g/mol. The largest absolute Gasteiger partial charge is 0.378 e. The molecule has 2 aromatic rings. The molecule has 1 aliphatic heterocycles. The summed E-state index contributed by atoms with van der Waals surface area (Å²) in [6.07, 6.45) is 0.518. The van der Waals surface area contributed by atoms with Crippen LogP contribution in [0.2, 0.25) is 0 Å². The van der Waals surface area contributed by atoms with E-state index in [4.69, 9.17) is 4.74 Å². The summed E-state index contributed by atoms with van der Waals surface area (Å²) >= 11 is 1.77. The third-order valence-electron chi connectivity index (χ3n) is 3.65. The standard InChI is InChI=1S/C17H19NO2S/c1-13(19)10-14-2-4-15(5-3-14)17-11-16(12-21-17)18-6-8-20-9-7-18/h2-5,11-12H,6-10H2,1H3. The molecule has 1 saturated heterocycles. The Labute approximate surface area is 129 Å². The highest BCUT2D eigenvalue weighted by Gasteiger charge is 2.13. The van der Waals surface area contributed by atoms with E-state index in [0.717, 1.165) is 31.9 Å². The van der Waals surface area contributed by atoms with Gasteiger partial charge in [-0.1, -0.05) is 24.3 Å². The van der Waals surface area contributed by atoms with Gasteiger partial charge >= 0.3 is 0 Å². The lowest BCUT2D eigenvalue weighted by Gasteiger charge is -2.27. The molecule has 0 N–H and O–H groups in total. The smallest absolute Gasteiger partial charge is 0.134 e. The van der Waals surface area contributed by atoms with E-state index in [0.29, 0.717) is 6.42 Å². The first kappa shape index (κ1) is 14.3. The number of hydrogen-bond donors (Lipinski definition) is 0. The fraction of sp³-hybridized carbons (Fsp3) is 0.353. The molecule has 21 heavy (non-hydrogen) atoms. The summed E-state index contributed by atoms with van der Waals surface area (Å²) in [5.41, 5.74) is 3.58. The van der Waals surface area contributed by atoms with Gasteiger partial charge in [-0.25, -0.2) is 0 Å². The van der Waals surface area contributed by atoms with Gasteiger partial charge in [0.15, 0.2) is 0 Å². The van der Waals surface area contributed by atoms with Crippen LogP contribution in [0.25, 0.3) is 10.4 Å². The van der Waals surface area contributed by atoms with Crippen LogP contribution < -0.4 is 4.90 Å². The van der Waals surface area contributed by atoms with Gasteiger partial charge in [0.1, 0.15) is 5.78 Å². The van der Waals surface area contributed by atoms with Crippen molar-refractivity contribution in [3.05, 3.63) is 41.3 Å². The highest BCUT2D eigenvalue weighted by atomic mass is 32.1. The fourth-order valence-corrected chi connectivity index (χ4v) is 3.47. The summed E-state index contributed by atoms with van der Waals surface area (Å²) in [5, 5.41) is 2.21. The number of morpholine rings is 1. The molecule has 4 heteroatoms. The van der Waals surface area contributed by atoms with Crippen molar-refractivity contribution in [3.8, 4) is 10.4 Å². The summed E-state index contributed by atoms with van der Waals surface area (Å²) in [4.78, 5) is 14.8. The summed E-state index contributed by atoms with van der Waals surface area (Å²) in [5.74, 6) is 0.202. The quantitative estimate of drug-likeness (QED) is 0.867. The predicted molar refractivity (Wildman–Crippen MR) is 87.2 cm³/mol. The first-order valence-electron chi connectivity index (χ1n) is 7.22. The topological polar surface area (TPSA) is 29.5 Å². The van der Waals surface area contributed by atoms with Crippen LogP contribution in [0.1, 0.15) is 12.5 Å². The van der Waals surface area contributed by atoms with Crippen LogP contribution in [0.4, 0.5) is 5.69 Å². The average Bonchev–Trinajstić information content (AvgIpc) is 2.98. The Morgan fingerprint density at radius 2 is 1.95 bits per heavy atom. The number of thiophene rings is 1. The summed E-state index contributed by atoms with van der Waals surface area (Å²) in [7, 11) is 0. The predicted octanol–water partition coefficient (Wildman–Crippen LogP) is 3.38. The van der Waals surface area contributed by atoms with Crippen molar-refractivity contribution in [2.45, 2.75) is 13.3 Å². The van der Waals surface area contributed by atoms with Crippen LogP contribution in [0, 0.1) is 0 Å². The van der Waals surface area contributed by atoms with Crippen LogP contribution in [0.3, 0.4) is 0 Å². The number of Topliss-reactive ketones (excluding diaryl/α,β-unsaturated/α-hetero) is 1. The minimum absolute atomic E-state index is 0.202. The van der Waals surface area contributed by atoms with Gasteiger partial charge in [-0.2, -0.15) is 0 Å². The number of ketones is 1. The maximum Gasteiger partial charge on any atom is 0.134 e. The van der Waals surface area contributed by atoms with E-state index in [1.54, 1.807) is 18.3 Å². The Morgan fingerprint density at radius 1 is 1.24 bits per heavy atom. The molecule has 3 nitrogen and oxygen atoms in total. The van der Waals surface area contributed by atoms with Crippen molar-refractivity contribution in [3.63, 3.8) is 0 Å². The van der Waals surface area contributed by atoms with Gasteiger partial charge in [0.25, 0.3) is 0 Å². The van der Waals surface area contributed by atoms with Gasteiger partial charge in [0, 0.05) is 35.5 Å². The lowest BCUT2D eigenvalue weighted by atomic mass is 10.1. The number of nitrogens with zero attached hydrogens (tertiary/aromatic N) is 1. The van der Waals surface area contributed by atoms with Crippen molar-refractivity contribution in [1.29, 1.82) is 0 Å². The second kappa shape index (κ2) is 6.41. The van der Waals surface area contributed by atoms with Crippen molar-refractivity contribution in [1.82, 2.24) is 0 Å². The minimum atomic E-state index is 0.202. The molecule has 1 fully saturated rings. The van der Waals surface area contributed by atoms with Gasteiger partial charge in [0.2, 0.25) is 0 Å². The molecule has 0 unspecified atom stereocenters. The van der Waals surface area contributed by atoms with Gasteiger partial charge in [-0.3, -0.25) is 4.79 Å². The highest BCUT2D eigenvalue weighted by molar-refractivity contribution is 7.14. The summed E-state index contributed by atoms with van der Waals surface area (Å²) < 4.78 is 5.39. The van der Waals surface area contributed by atoms with Crippen molar-refractivity contribution < 1.29 is 9.53 Å². The van der Waals surface area contributed by atoms with Gasteiger partial charge in [0.05, 0.1) is 13.2 Å². The lowest BCUT2D eigenvalue weighted by molar-refractivity contribution is -0.116.